The van der Waals surface area contributed by atoms with Crippen molar-refractivity contribution < 1.29 is 4.42 Å². The molecule has 1 aromatic heterocycles. The second kappa shape index (κ2) is 4.16. The maximum atomic E-state index is 5.55. The minimum absolute atomic E-state index is 0.301. The highest BCUT2D eigenvalue weighted by Crippen LogP contribution is 2.13. The first-order valence-electron chi connectivity index (χ1n) is 3.76. The minimum atomic E-state index is 0.301. The molecule has 1 atom stereocenters. The molecular weight excluding hydrogens is 140 g/mol. The van der Waals surface area contributed by atoms with Crippen molar-refractivity contribution in [2.24, 2.45) is 5.73 Å². The molecule has 0 bridgehead atoms. The standard InChI is InChI=1S/C8H14N2O/c1-10-6-7(5-9)8-3-2-4-11-8/h2-4,7,10H,5-6,9H2,1H3. The lowest BCUT2D eigenvalue weighted by molar-refractivity contribution is 0.455. The number of nitrogens with one attached hydrogen (secondary N) is 1. The van der Waals surface area contributed by atoms with Gasteiger partial charge in [-0.05, 0) is 19.2 Å². The molecule has 11 heavy (non-hydrogen) atoms. The maximum Gasteiger partial charge on any atom is 0.109 e. The highest BCUT2D eigenvalue weighted by Gasteiger charge is 2.10. The third-order valence-electron chi connectivity index (χ3n) is 1.68. The maximum absolute atomic E-state index is 5.55. The number of rotatable bonds is 4. The van der Waals surface area contributed by atoms with E-state index in [9.17, 15) is 0 Å². The fraction of sp³-hybridized carbons (Fsp3) is 0.500. The molecule has 0 aliphatic rings. The van der Waals surface area contributed by atoms with Crippen molar-refractivity contribution in [2.45, 2.75) is 5.92 Å². The van der Waals surface area contributed by atoms with Crippen molar-refractivity contribution >= 4 is 0 Å². The first kappa shape index (κ1) is 8.30. The quantitative estimate of drug-likeness (QED) is 0.665. The molecule has 3 nitrogen and oxygen atoms in total. The fourth-order valence-corrected chi connectivity index (χ4v) is 1.07. The Hall–Kier alpha value is -0.800. The number of likely N-dealkylation sites (N-methyl/N-ethyl adjacent to an activating group) is 1. The Balaban J connectivity index is 2.56. The summed E-state index contributed by atoms with van der Waals surface area (Å²) in [6.07, 6.45) is 1.67. The first-order chi connectivity index (χ1) is 5.38. The molecule has 3 heteroatoms. The average Bonchev–Trinajstić information content (AvgIpc) is 2.52. The third kappa shape index (κ3) is 2.06. The average molecular weight is 154 g/mol. The highest BCUT2D eigenvalue weighted by molar-refractivity contribution is 5.06. The van der Waals surface area contributed by atoms with Crippen LogP contribution in [-0.4, -0.2) is 20.1 Å². The van der Waals surface area contributed by atoms with Gasteiger partial charge in [0.1, 0.15) is 5.76 Å². The van der Waals surface area contributed by atoms with Gasteiger partial charge in [0.25, 0.3) is 0 Å². The van der Waals surface area contributed by atoms with Gasteiger partial charge in [-0.1, -0.05) is 0 Å². The number of furan rings is 1. The second-order valence-corrected chi connectivity index (χ2v) is 2.51. The minimum Gasteiger partial charge on any atom is -0.469 e. The summed E-state index contributed by atoms with van der Waals surface area (Å²) in [5.41, 5.74) is 5.55. The third-order valence-corrected chi connectivity index (χ3v) is 1.68. The molecule has 0 saturated heterocycles. The lowest BCUT2D eigenvalue weighted by atomic mass is 10.1. The van der Waals surface area contributed by atoms with Crippen LogP contribution in [0, 0.1) is 0 Å². The molecule has 1 aromatic rings. The Labute approximate surface area is 66.6 Å². The van der Waals surface area contributed by atoms with E-state index in [2.05, 4.69) is 5.32 Å². The normalized spacial score (nSPS) is 13.3. The van der Waals surface area contributed by atoms with E-state index in [0.717, 1.165) is 12.3 Å². The van der Waals surface area contributed by atoms with Crippen molar-refractivity contribution in [1.29, 1.82) is 0 Å². The number of hydrogen-bond donors (Lipinski definition) is 2. The van der Waals surface area contributed by atoms with Gasteiger partial charge in [-0.15, -0.1) is 0 Å². The molecule has 1 rings (SSSR count). The van der Waals surface area contributed by atoms with Crippen LogP contribution in [0.5, 0.6) is 0 Å². The fourth-order valence-electron chi connectivity index (χ4n) is 1.07. The van der Waals surface area contributed by atoms with Gasteiger partial charge in [0, 0.05) is 19.0 Å². The lowest BCUT2D eigenvalue weighted by Gasteiger charge is -2.09. The van der Waals surface area contributed by atoms with Crippen molar-refractivity contribution in [3.05, 3.63) is 24.2 Å². The molecule has 62 valence electrons. The predicted octanol–water partition coefficient (Wildman–Crippen LogP) is 0.541. The van der Waals surface area contributed by atoms with Crippen LogP contribution in [0.4, 0.5) is 0 Å². The Morgan fingerprint density at radius 1 is 1.73 bits per heavy atom. The first-order valence-corrected chi connectivity index (χ1v) is 3.76. The molecular formula is C8H14N2O. The van der Waals surface area contributed by atoms with Crippen molar-refractivity contribution in [3.8, 4) is 0 Å². The summed E-state index contributed by atoms with van der Waals surface area (Å²) >= 11 is 0. The summed E-state index contributed by atoms with van der Waals surface area (Å²) in [6.45, 7) is 1.48. The van der Waals surface area contributed by atoms with E-state index in [1.165, 1.54) is 0 Å². The van der Waals surface area contributed by atoms with E-state index in [0.29, 0.717) is 12.5 Å². The SMILES string of the molecule is CNCC(CN)c1ccco1. The zero-order valence-electron chi connectivity index (χ0n) is 6.71. The van der Waals surface area contributed by atoms with Gasteiger partial charge < -0.3 is 15.5 Å². The van der Waals surface area contributed by atoms with Crippen molar-refractivity contribution in [3.63, 3.8) is 0 Å². The van der Waals surface area contributed by atoms with E-state index in [-0.39, 0.29) is 0 Å². The summed E-state index contributed by atoms with van der Waals surface area (Å²) in [4.78, 5) is 0. The lowest BCUT2D eigenvalue weighted by Crippen LogP contribution is -2.23. The second-order valence-electron chi connectivity index (χ2n) is 2.51. The van der Waals surface area contributed by atoms with E-state index in [1.54, 1.807) is 6.26 Å². The molecule has 0 aliphatic heterocycles. The molecule has 0 saturated carbocycles. The van der Waals surface area contributed by atoms with Crippen LogP contribution in [0.3, 0.4) is 0 Å². The van der Waals surface area contributed by atoms with Gasteiger partial charge in [-0.3, -0.25) is 0 Å². The molecule has 0 spiro atoms. The van der Waals surface area contributed by atoms with Crippen LogP contribution >= 0.6 is 0 Å². The summed E-state index contributed by atoms with van der Waals surface area (Å²) in [5, 5.41) is 3.07. The molecule has 0 aromatic carbocycles. The van der Waals surface area contributed by atoms with Crippen molar-refractivity contribution in [2.75, 3.05) is 20.1 Å². The number of hydrogen-bond acceptors (Lipinski definition) is 3. The largest absolute Gasteiger partial charge is 0.469 e. The topological polar surface area (TPSA) is 51.2 Å². The molecule has 1 unspecified atom stereocenters. The zero-order valence-corrected chi connectivity index (χ0v) is 6.71. The molecule has 0 fully saturated rings. The van der Waals surface area contributed by atoms with Crippen LogP contribution in [0.15, 0.2) is 22.8 Å². The highest BCUT2D eigenvalue weighted by atomic mass is 16.3. The van der Waals surface area contributed by atoms with Crippen LogP contribution in [-0.2, 0) is 0 Å². The van der Waals surface area contributed by atoms with Crippen LogP contribution < -0.4 is 11.1 Å². The van der Waals surface area contributed by atoms with E-state index in [4.69, 9.17) is 10.2 Å². The van der Waals surface area contributed by atoms with Crippen LogP contribution in [0.2, 0.25) is 0 Å². The Morgan fingerprint density at radius 2 is 2.55 bits per heavy atom. The smallest absolute Gasteiger partial charge is 0.109 e. The zero-order chi connectivity index (χ0) is 8.10. The van der Waals surface area contributed by atoms with Gasteiger partial charge in [0.15, 0.2) is 0 Å². The van der Waals surface area contributed by atoms with Gasteiger partial charge in [-0.25, -0.2) is 0 Å². The van der Waals surface area contributed by atoms with Gasteiger partial charge in [0.2, 0.25) is 0 Å². The van der Waals surface area contributed by atoms with E-state index < -0.39 is 0 Å². The van der Waals surface area contributed by atoms with Gasteiger partial charge >= 0.3 is 0 Å². The summed E-state index contributed by atoms with van der Waals surface area (Å²) in [5.74, 6) is 1.26. The van der Waals surface area contributed by atoms with E-state index in [1.807, 2.05) is 19.2 Å². The predicted molar refractivity (Wildman–Crippen MR) is 44.4 cm³/mol. The number of nitrogens with two attached hydrogens (primary N) is 1. The monoisotopic (exact) mass is 154 g/mol. The van der Waals surface area contributed by atoms with Crippen molar-refractivity contribution in [1.82, 2.24) is 5.32 Å². The Kier molecular flexibility index (Phi) is 3.14. The Bertz CT molecular complexity index is 184. The van der Waals surface area contributed by atoms with Gasteiger partial charge in [-0.2, -0.15) is 0 Å². The van der Waals surface area contributed by atoms with Gasteiger partial charge in [0.05, 0.1) is 6.26 Å². The molecule has 1 heterocycles. The molecule has 0 amide bonds. The molecule has 0 radical (unpaired) electrons. The molecule has 0 aliphatic carbocycles. The summed E-state index contributed by atoms with van der Waals surface area (Å²) in [7, 11) is 1.91. The molecule has 3 N–H and O–H groups in total. The van der Waals surface area contributed by atoms with Crippen LogP contribution in [0.25, 0.3) is 0 Å². The van der Waals surface area contributed by atoms with E-state index >= 15 is 0 Å². The van der Waals surface area contributed by atoms with Crippen LogP contribution in [0.1, 0.15) is 11.7 Å². The summed E-state index contributed by atoms with van der Waals surface area (Å²) in [6, 6.07) is 3.84. The Morgan fingerprint density at radius 3 is 3.00 bits per heavy atom. The summed E-state index contributed by atoms with van der Waals surface area (Å²) < 4.78 is 5.22.